The third kappa shape index (κ3) is 4.79. The van der Waals surface area contributed by atoms with Gasteiger partial charge in [-0.05, 0) is 30.0 Å². The molecule has 0 fully saturated rings. The second-order valence-electron chi connectivity index (χ2n) is 5.98. The van der Waals surface area contributed by atoms with Gasteiger partial charge < -0.3 is 5.73 Å². The molecular weight excluding hydrogens is 284 g/mol. The van der Waals surface area contributed by atoms with Gasteiger partial charge >= 0.3 is 0 Å². The van der Waals surface area contributed by atoms with Crippen molar-refractivity contribution in [2.75, 3.05) is 5.75 Å². The summed E-state index contributed by atoms with van der Waals surface area (Å²) in [5.41, 5.74) is 7.49. The van der Waals surface area contributed by atoms with Crippen LogP contribution in [0.3, 0.4) is 0 Å². The molecule has 2 N–H and O–H groups in total. The average Bonchev–Trinajstić information content (AvgIpc) is 2.36. The van der Waals surface area contributed by atoms with E-state index in [2.05, 4.69) is 4.98 Å². The molecule has 0 aliphatic carbocycles. The van der Waals surface area contributed by atoms with Crippen molar-refractivity contribution in [3.8, 4) is 0 Å². The molecular formula is C16H22N2O2S. The fraction of sp³-hybridized carbons (Fsp3) is 0.438. The van der Waals surface area contributed by atoms with Crippen LogP contribution < -0.4 is 5.73 Å². The van der Waals surface area contributed by atoms with E-state index in [9.17, 15) is 8.42 Å². The highest BCUT2D eigenvalue weighted by molar-refractivity contribution is 7.90. The smallest absolute Gasteiger partial charge is 0.156 e. The Labute approximate surface area is 126 Å². The standard InChI is InChI=1S/C16H22N2O2S/c1-12(2)7-15(17)11-21(19,20)10-13-8-14-5-3-4-6-16(14)18-9-13/h3-6,8-9,12,15H,7,10-11,17H2,1-2H3. The number of hydrogen-bond acceptors (Lipinski definition) is 4. The lowest BCUT2D eigenvalue weighted by atomic mass is 10.1. The predicted octanol–water partition coefficient (Wildman–Crippen LogP) is 2.52. The molecule has 1 atom stereocenters. The highest BCUT2D eigenvalue weighted by atomic mass is 32.2. The first-order valence-corrected chi connectivity index (χ1v) is 8.97. The van der Waals surface area contributed by atoms with Gasteiger partial charge in [0.15, 0.2) is 9.84 Å². The van der Waals surface area contributed by atoms with E-state index in [4.69, 9.17) is 5.73 Å². The summed E-state index contributed by atoms with van der Waals surface area (Å²) in [7, 11) is -3.21. The molecule has 0 amide bonds. The molecule has 1 aromatic carbocycles. The van der Waals surface area contributed by atoms with E-state index < -0.39 is 9.84 Å². The maximum atomic E-state index is 12.2. The highest BCUT2D eigenvalue weighted by Crippen LogP contribution is 2.15. The highest BCUT2D eigenvalue weighted by Gasteiger charge is 2.18. The van der Waals surface area contributed by atoms with Crippen molar-refractivity contribution in [3.63, 3.8) is 0 Å². The number of benzene rings is 1. The monoisotopic (exact) mass is 306 g/mol. The van der Waals surface area contributed by atoms with Crippen molar-refractivity contribution < 1.29 is 8.42 Å². The Morgan fingerprint density at radius 1 is 1.24 bits per heavy atom. The van der Waals surface area contributed by atoms with Crippen LogP contribution in [0.2, 0.25) is 0 Å². The van der Waals surface area contributed by atoms with Crippen molar-refractivity contribution in [2.45, 2.75) is 32.1 Å². The summed E-state index contributed by atoms with van der Waals surface area (Å²) in [6, 6.07) is 9.25. The Kier molecular flexibility index (Phi) is 4.96. The largest absolute Gasteiger partial charge is 0.327 e. The summed E-state index contributed by atoms with van der Waals surface area (Å²) < 4.78 is 24.4. The maximum absolute atomic E-state index is 12.2. The number of rotatable bonds is 6. The van der Waals surface area contributed by atoms with Crippen LogP contribution in [0.4, 0.5) is 0 Å². The Balaban J connectivity index is 2.11. The van der Waals surface area contributed by atoms with Crippen molar-refractivity contribution >= 4 is 20.7 Å². The van der Waals surface area contributed by atoms with E-state index in [1.165, 1.54) is 0 Å². The predicted molar refractivity (Wildman–Crippen MR) is 86.7 cm³/mol. The number of para-hydroxylation sites is 1. The number of hydrogen-bond donors (Lipinski definition) is 1. The van der Waals surface area contributed by atoms with Crippen LogP contribution in [-0.4, -0.2) is 25.2 Å². The van der Waals surface area contributed by atoms with Crippen molar-refractivity contribution in [1.82, 2.24) is 4.98 Å². The van der Waals surface area contributed by atoms with Gasteiger partial charge in [0.2, 0.25) is 0 Å². The van der Waals surface area contributed by atoms with Gasteiger partial charge in [0.25, 0.3) is 0 Å². The van der Waals surface area contributed by atoms with E-state index in [1.807, 2.05) is 44.2 Å². The molecule has 1 unspecified atom stereocenters. The Hall–Kier alpha value is -1.46. The third-order valence-electron chi connectivity index (χ3n) is 3.28. The Morgan fingerprint density at radius 3 is 2.67 bits per heavy atom. The summed E-state index contributed by atoms with van der Waals surface area (Å²) >= 11 is 0. The molecule has 0 aliphatic heterocycles. The number of aromatic nitrogens is 1. The van der Waals surface area contributed by atoms with E-state index in [0.29, 0.717) is 11.5 Å². The van der Waals surface area contributed by atoms with Crippen LogP contribution in [0.1, 0.15) is 25.8 Å². The van der Waals surface area contributed by atoms with E-state index >= 15 is 0 Å². The number of nitrogens with two attached hydrogens (primary N) is 1. The number of nitrogens with zero attached hydrogens (tertiary/aromatic N) is 1. The molecule has 114 valence electrons. The van der Waals surface area contributed by atoms with E-state index in [0.717, 1.165) is 17.3 Å². The minimum Gasteiger partial charge on any atom is -0.327 e. The molecule has 1 aromatic heterocycles. The van der Waals surface area contributed by atoms with E-state index in [-0.39, 0.29) is 17.5 Å². The fourth-order valence-electron chi connectivity index (χ4n) is 2.51. The van der Waals surface area contributed by atoms with Gasteiger partial charge in [0, 0.05) is 17.6 Å². The van der Waals surface area contributed by atoms with Gasteiger partial charge in [-0.1, -0.05) is 32.0 Å². The van der Waals surface area contributed by atoms with Gasteiger partial charge in [0.1, 0.15) is 0 Å². The van der Waals surface area contributed by atoms with Crippen LogP contribution in [0, 0.1) is 5.92 Å². The summed E-state index contributed by atoms with van der Waals surface area (Å²) in [5.74, 6) is 0.423. The average molecular weight is 306 g/mol. The van der Waals surface area contributed by atoms with E-state index in [1.54, 1.807) is 6.20 Å². The quantitative estimate of drug-likeness (QED) is 0.890. The molecule has 0 saturated heterocycles. The van der Waals surface area contributed by atoms with Crippen molar-refractivity contribution in [3.05, 3.63) is 42.1 Å². The molecule has 0 radical (unpaired) electrons. The van der Waals surface area contributed by atoms with Gasteiger partial charge in [0.05, 0.1) is 17.0 Å². The van der Waals surface area contributed by atoms with Crippen molar-refractivity contribution in [2.24, 2.45) is 11.7 Å². The minimum atomic E-state index is -3.21. The van der Waals surface area contributed by atoms with Crippen LogP contribution in [-0.2, 0) is 15.6 Å². The molecule has 0 aliphatic rings. The summed E-state index contributed by atoms with van der Waals surface area (Å²) in [6.45, 7) is 4.08. The molecule has 0 saturated carbocycles. The summed E-state index contributed by atoms with van der Waals surface area (Å²) in [4.78, 5) is 4.30. The number of pyridine rings is 1. The van der Waals surface area contributed by atoms with Gasteiger partial charge in [-0.3, -0.25) is 4.98 Å². The lowest BCUT2D eigenvalue weighted by molar-refractivity contribution is 0.512. The molecule has 0 spiro atoms. The summed E-state index contributed by atoms with van der Waals surface area (Å²) in [6.07, 6.45) is 2.35. The molecule has 2 rings (SSSR count). The zero-order valence-corrected chi connectivity index (χ0v) is 13.3. The lowest BCUT2D eigenvalue weighted by Crippen LogP contribution is -2.31. The van der Waals surface area contributed by atoms with Crippen LogP contribution >= 0.6 is 0 Å². The topological polar surface area (TPSA) is 73.1 Å². The van der Waals surface area contributed by atoms with Crippen LogP contribution in [0.25, 0.3) is 10.9 Å². The lowest BCUT2D eigenvalue weighted by Gasteiger charge is -2.14. The molecule has 4 nitrogen and oxygen atoms in total. The first-order valence-electron chi connectivity index (χ1n) is 7.15. The zero-order chi connectivity index (χ0) is 15.5. The zero-order valence-electron chi connectivity index (χ0n) is 12.5. The van der Waals surface area contributed by atoms with Gasteiger partial charge in [-0.15, -0.1) is 0 Å². The molecule has 2 aromatic rings. The molecule has 5 heteroatoms. The number of fused-ring (bicyclic) bond motifs is 1. The Morgan fingerprint density at radius 2 is 1.95 bits per heavy atom. The fourth-order valence-corrected chi connectivity index (χ4v) is 4.08. The summed E-state index contributed by atoms with van der Waals surface area (Å²) in [5, 5.41) is 0.955. The second kappa shape index (κ2) is 6.54. The number of sulfone groups is 1. The normalized spacial score (nSPS) is 13.7. The first kappa shape index (κ1) is 15.9. The van der Waals surface area contributed by atoms with Gasteiger partial charge in [-0.2, -0.15) is 0 Å². The first-order chi connectivity index (χ1) is 9.85. The third-order valence-corrected chi connectivity index (χ3v) is 4.99. The van der Waals surface area contributed by atoms with Crippen LogP contribution in [0.5, 0.6) is 0 Å². The molecule has 0 bridgehead atoms. The van der Waals surface area contributed by atoms with Crippen LogP contribution in [0.15, 0.2) is 36.5 Å². The van der Waals surface area contributed by atoms with Crippen molar-refractivity contribution in [1.29, 1.82) is 0 Å². The SMILES string of the molecule is CC(C)CC(N)CS(=O)(=O)Cc1cnc2ccccc2c1. The Bertz CT molecular complexity index is 711. The van der Waals surface area contributed by atoms with Gasteiger partial charge in [-0.25, -0.2) is 8.42 Å². The minimum absolute atomic E-state index is 0.00334. The molecule has 1 heterocycles. The maximum Gasteiger partial charge on any atom is 0.156 e. The second-order valence-corrected chi connectivity index (χ2v) is 8.09. The molecule has 21 heavy (non-hydrogen) atoms.